The van der Waals surface area contributed by atoms with Crippen LogP contribution in [-0.4, -0.2) is 11.5 Å². The number of aromatic nitrogens is 1. The van der Waals surface area contributed by atoms with Gasteiger partial charge in [0.25, 0.3) is 6.43 Å². The minimum atomic E-state index is -2.57. The highest BCUT2D eigenvalue weighted by Gasteiger charge is 2.14. The molecule has 0 saturated carbocycles. The molecule has 0 atom stereocenters. The van der Waals surface area contributed by atoms with Gasteiger partial charge in [-0.1, -0.05) is 12.1 Å². The van der Waals surface area contributed by atoms with Crippen LogP contribution in [0.25, 0.3) is 10.9 Å². The van der Waals surface area contributed by atoms with Crippen LogP contribution in [0.4, 0.5) is 14.5 Å². The monoisotopic (exact) mass is 300 g/mol. The van der Waals surface area contributed by atoms with Crippen molar-refractivity contribution in [2.75, 3.05) is 11.9 Å². The lowest BCUT2D eigenvalue weighted by molar-refractivity contribution is 0.146. The summed E-state index contributed by atoms with van der Waals surface area (Å²) < 4.78 is 26.2. The molecule has 1 N–H and O–H groups in total. The van der Waals surface area contributed by atoms with Gasteiger partial charge in [-0.05, 0) is 35.0 Å². The Hall–Kier alpha value is -1.23. The number of hydrogen-bond donors (Lipinski definition) is 1. The van der Waals surface area contributed by atoms with Crippen molar-refractivity contribution in [2.24, 2.45) is 0 Å². The molecule has 2 rings (SSSR count). The Kier molecular flexibility index (Phi) is 3.57. The number of halogens is 3. The van der Waals surface area contributed by atoms with E-state index in [1.807, 2.05) is 19.1 Å². The lowest BCUT2D eigenvalue weighted by atomic mass is 10.1. The highest BCUT2D eigenvalue weighted by molar-refractivity contribution is 9.10. The third-order valence-electron chi connectivity index (χ3n) is 2.40. The van der Waals surface area contributed by atoms with E-state index in [0.717, 1.165) is 9.86 Å². The molecule has 0 aliphatic rings. The molecule has 2 nitrogen and oxygen atoms in total. The second-order valence-electron chi connectivity index (χ2n) is 3.56. The fourth-order valence-electron chi connectivity index (χ4n) is 1.68. The average molecular weight is 301 g/mol. The van der Waals surface area contributed by atoms with E-state index in [1.54, 1.807) is 6.07 Å². The number of para-hydroxylation sites is 1. The molecule has 0 aliphatic heterocycles. The zero-order chi connectivity index (χ0) is 12.4. The summed E-state index contributed by atoms with van der Waals surface area (Å²) in [5, 5.41) is 3.92. The van der Waals surface area contributed by atoms with Crippen molar-refractivity contribution in [3.05, 3.63) is 34.4 Å². The summed E-state index contributed by atoms with van der Waals surface area (Å²) in [5.41, 5.74) is 1.04. The van der Waals surface area contributed by atoms with E-state index in [1.165, 1.54) is 6.07 Å². The van der Waals surface area contributed by atoms with Crippen molar-refractivity contribution < 1.29 is 8.78 Å². The van der Waals surface area contributed by atoms with Crippen LogP contribution in [0.3, 0.4) is 0 Å². The second-order valence-corrected chi connectivity index (χ2v) is 4.42. The first kappa shape index (κ1) is 12.2. The average Bonchev–Trinajstić information content (AvgIpc) is 2.30. The van der Waals surface area contributed by atoms with Gasteiger partial charge in [-0.15, -0.1) is 0 Å². The van der Waals surface area contributed by atoms with E-state index >= 15 is 0 Å². The summed E-state index contributed by atoms with van der Waals surface area (Å²) in [6.45, 7) is 2.60. The molecule has 0 fully saturated rings. The molecule has 17 heavy (non-hydrogen) atoms. The van der Waals surface area contributed by atoms with Crippen LogP contribution < -0.4 is 5.32 Å². The summed E-state index contributed by atoms with van der Waals surface area (Å²) in [6.07, 6.45) is -2.57. The molecule has 0 unspecified atom stereocenters. The molecule has 90 valence electrons. The van der Waals surface area contributed by atoms with E-state index in [0.29, 0.717) is 17.7 Å². The maximum absolute atomic E-state index is 12.7. The Morgan fingerprint density at radius 3 is 2.82 bits per heavy atom. The maximum Gasteiger partial charge on any atom is 0.280 e. The topological polar surface area (TPSA) is 24.9 Å². The molecule has 1 aromatic heterocycles. The molecular weight excluding hydrogens is 290 g/mol. The van der Waals surface area contributed by atoms with E-state index in [-0.39, 0.29) is 5.69 Å². The smallest absolute Gasteiger partial charge is 0.280 e. The van der Waals surface area contributed by atoms with Gasteiger partial charge >= 0.3 is 0 Å². The SMILES string of the molecule is CCNc1cc(C(F)F)nc2c(Br)cccc12. The van der Waals surface area contributed by atoms with Crippen LogP contribution in [0.2, 0.25) is 0 Å². The van der Waals surface area contributed by atoms with Gasteiger partial charge in [-0.3, -0.25) is 0 Å². The molecular formula is C12H11BrF2N2. The standard InChI is InChI=1S/C12H11BrF2N2/c1-2-16-9-6-10(12(14)15)17-11-7(9)4-3-5-8(11)13/h3-6,12H,2H2,1H3,(H,16,17). The third kappa shape index (κ3) is 2.39. The molecule has 0 aliphatic carbocycles. The lowest BCUT2D eigenvalue weighted by Gasteiger charge is -2.11. The van der Waals surface area contributed by atoms with Gasteiger partial charge in [0.2, 0.25) is 0 Å². The Morgan fingerprint density at radius 2 is 2.18 bits per heavy atom. The summed E-state index contributed by atoms with van der Waals surface area (Å²) >= 11 is 3.33. The fourth-order valence-corrected chi connectivity index (χ4v) is 2.14. The van der Waals surface area contributed by atoms with Gasteiger partial charge in [-0.2, -0.15) is 0 Å². The number of pyridine rings is 1. The fraction of sp³-hybridized carbons (Fsp3) is 0.250. The number of nitrogens with one attached hydrogen (secondary N) is 1. The van der Waals surface area contributed by atoms with E-state index in [2.05, 4.69) is 26.2 Å². The Labute approximate surface area is 106 Å². The summed E-state index contributed by atoms with van der Waals surface area (Å²) in [5.74, 6) is 0. The van der Waals surface area contributed by atoms with Gasteiger partial charge in [0.05, 0.1) is 5.52 Å². The maximum atomic E-state index is 12.7. The number of nitrogens with zero attached hydrogens (tertiary/aromatic N) is 1. The predicted molar refractivity (Wildman–Crippen MR) is 68.6 cm³/mol. The number of fused-ring (bicyclic) bond motifs is 1. The minimum absolute atomic E-state index is 0.208. The predicted octanol–water partition coefficient (Wildman–Crippen LogP) is 4.37. The number of alkyl halides is 2. The molecule has 0 amide bonds. The van der Waals surface area contributed by atoms with E-state index in [9.17, 15) is 8.78 Å². The van der Waals surface area contributed by atoms with Gasteiger partial charge < -0.3 is 5.32 Å². The van der Waals surface area contributed by atoms with Crippen molar-refractivity contribution >= 4 is 32.5 Å². The largest absolute Gasteiger partial charge is 0.385 e. The van der Waals surface area contributed by atoms with Gasteiger partial charge in [0.15, 0.2) is 0 Å². The van der Waals surface area contributed by atoms with Crippen molar-refractivity contribution in [2.45, 2.75) is 13.3 Å². The molecule has 5 heteroatoms. The number of benzene rings is 1. The highest BCUT2D eigenvalue weighted by atomic mass is 79.9. The van der Waals surface area contributed by atoms with Crippen LogP contribution in [0.5, 0.6) is 0 Å². The Balaban J connectivity index is 2.72. The first-order valence-electron chi connectivity index (χ1n) is 5.24. The first-order valence-corrected chi connectivity index (χ1v) is 6.04. The van der Waals surface area contributed by atoms with Crippen LogP contribution in [0, 0.1) is 0 Å². The van der Waals surface area contributed by atoms with Gasteiger partial charge in [-0.25, -0.2) is 13.8 Å². The quantitative estimate of drug-likeness (QED) is 0.910. The second kappa shape index (κ2) is 4.96. The Bertz CT molecular complexity index is 543. The summed E-state index contributed by atoms with van der Waals surface area (Å²) in [4.78, 5) is 3.98. The van der Waals surface area contributed by atoms with Gasteiger partial charge in [0, 0.05) is 22.1 Å². The molecule has 0 radical (unpaired) electrons. The van der Waals surface area contributed by atoms with E-state index in [4.69, 9.17) is 0 Å². The zero-order valence-corrected chi connectivity index (χ0v) is 10.8. The molecule has 0 spiro atoms. The first-order chi connectivity index (χ1) is 8.13. The normalized spacial score (nSPS) is 11.1. The molecule has 1 heterocycles. The molecule has 2 aromatic rings. The van der Waals surface area contributed by atoms with Crippen molar-refractivity contribution in [3.8, 4) is 0 Å². The molecule has 0 bridgehead atoms. The molecule has 1 aromatic carbocycles. The van der Waals surface area contributed by atoms with Crippen LogP contribution >= 0.6 is 15.9 Å². The van der Waals surface area contributed by atoms with Crippen LogP contribution in [-0.2, 0) is 0 Å². The van der Waals surface area contributed by atoms with Crippen molar-refractivity contribution in [3.63, 3.8) is 0 Å². The number of anilines is 1. The van der Waals surface area contributed by atoms with Crippen molar-refractivity contribution in [1.82, 2.24) is 4.98 Å². The van der Waals surface area contributed by atoms with Gasteiger partial charge in [0.1, 0.15) is 5.69 Å². The zero-order valence-electron chi connectivity index (χ0n) is 9.17. The van der Waals surface area contributed by atoms with Crippen LogP contribution in [0.1, 0.15) is 19.0 Å². The Morgan fingerprint density at radius 1 is 1.41 bits per heavy atom. The molecule has 0 saturated heterocycles. The number of hydrogen-bond acceptors (Lipinski definition) is 2. The van der Waals surface area contributed by atoms with Crippen LogP contribution in [0.15, 0.2) is 28.7 Å². The number of rotatable bonds is 3. The van der Waals surface area contributed by atoms with E-state index < -0.39 is 6.43 Å². The lowest BCUT2D eigenvalue weighted by Crippen LogP contribution is -2.01. The highest BCUT2D eigenvalue weighted by Crippen LogP contribution is 2.31. The third-order valence-corrected chi connectivity index (χ3v) is 3.04. The summed E-state index contributed by atoms with van der Waals surface area (Å²) in [6, 6.07) is 6.92. The van der Waals surface area contributed by atoms with Crippen molar-refractivity contribution in [1.29, 1.82) is 0 Å². The minimum Gasteiger partial charge on any atom is -0.385 e. The summed E-state index contributed by atoms with van der Waals surface area (Å²) in [7, 11) is 0.